The molecule has 0 N–H and O–H groups in total. The minimum atomic E-state index is 0.830. The minimum absolute atomic E-state index is 0.830. The molecule has 0 unspecified atom stereocenters. The zero-order chi connectivity index (χ0) is 10.3. The molecule has 4 bridgehead atoms. The first-order valence-electron chi connectivity index (χ1n) is 6.86. The number of unbranched alkanes of at least 4 members (excludes halogenated alkanes) is 1. The molecule has 0 aromatic carbocycles. The van der Waals surface area contributed by atoms with E-state index in [-0.39, 0.29) is 0 Å². The lowest BCUT2D eigenvalue weighted by atomic mass is 9.48. The van der Waals surface area contributed by atoms with Gasteiger partial charge in [0, 0.05) is 5.33 Å². The largest absolute Gasteiger partial charge is 0.0928 e. The standard InChI is InChI=1S/C14H23Br/c15-4-2-1-3-14-8-11-5-12(9-14)7-13(6-11)10-14/h11-13H,1-10H2. The molecule has 4 aliphatic rings. The Hall–Kier alpha value is 0.480. The normalized spacial score (nSPS) is 47.4. The highest BCUT2D eigenvalue weighted by molar-refractivity contribution is 9.09. The van der Waals surface area contributed by atoms with Gasteiger partial charge >= 0.3 is 0 Å². The summed E-state index contributed by atoms with van der Waals surface area (Å²) in [6.07, 6.45) is 14.0. The highest BCUT2D eigenvalue weighted by atomic mass is 79.9. The van der Waals surface area contributed by atoms with Gasteiger partial charge in [-0.25, -0.2) is 0 Å². The summed E-state index contributed by atoms with van der Waals surface area (Å²) in [5.41, 5.74) is 0.830. The van der Waals surface area contributed by atoms with Crippen LogP contribution in [0.5, 0.6) is 0 Å². The molecule has 4 aliphatic carbocycles. The molecule has 0 aromatic heterocycles. The Bertz CT molecular complexity index is 198. The predicted octanol–water partition coefficient (Wildman–Crippen LogP) is 4.77. The van der Waals surface area contributed by atoms with Crippen molar-refractivity contribution < 1.29 is 0 Å². The molecule has 0 aliphatic heterocycles. The summed E-state index contributed by atoms with van der Waals surface area (Å²) in [6, 6.07) is 0. The van der Waals surface area contributed by atoms with Crippen LogP contribution in [0.1, 0.15) is 57.8 Å². The second kappa shape index (κ2) is 4.05. The van der Waals surface area contributed by atoms with E-state index in [1.54, 1.807) is 44.9 Å². The summed E-state index contributed by atoms with van der Waals surface area (Å²) < 4.78 is 0. The molecular weight excluding hydrogens is 248 g/mol. The van der Waals surface area contributed by atoms with Gasteiger partial charge in [0.25, 0.3) is 0 Å². The Balaban J connectivity index is 1.65. The summed E-state index contributed by atoms with van der Waals surface area (Å²) in [5, 5.41) is 1.21. The lowest BCUT2D eigenvalue weighted by Crippen LogP contribution is -2.45. The highest BCUT2D eigenvalue weighted by Crippen LogP contribution is 2.61. The molecule has 4 rings (SSSR count). The van der Waals surface area contributed by atoms with E-state index in [0.717, 1.165) is 23.2 Å². The molecule has 1 heteroatoms. The maximum absolute atomic E-state index is 3.56. The Morgan fingerprint density at radius 2 is 1.40 bits per heavy atom. The van der Waals surface area contributed by atoms with E-state index in [4.69, 9.17) is 0 Å². The molecule has 0 aromatic rings. The van der Waals surface area contributed by atoms with Crippen LogP contribution in [-0.2, 0) is 0 Å². The Kier molecular flexibility index (Phi) is 2.87. The van der Waals surface area contributed by atoms with E-state index in [1.807, 2.05) is 0 Å². The first-order valence-corrected chi connectivity index (χ1v) is 7.98. The molecule has 0 heterocycles. The van der Waals surface area contributed by atoms with Gasteiger partial charge in [0.15, 0.2) is 0 Å². The summed E-state index contributed by atoms with van der Waals surface area (Å²) in [7, 11) is 0. The van der Waals surface area contributed by atoms with Crippen molar-refractivity contribution in [3.63, 3.8) is 0 Å². The molecular formula is C14H23Br. The number of halogens is 1. The maximum Gasteiger partial charge on any atom is 0.00313 e. The number of rotatable bonds is 4. The number of hydrogen-bond donors (Lipinski definition) is 0. The van der Waals surface area contributed by atoms with E-state index in [1.165, 1.54) is 18.2 Å². The van der Waals surface area contributed by atoms with Crippen LogP contribution in [0.15, 0.2) is 0 Å². The zero-order valence-electron chi connectivity index (χ0n) is 9.68. The lowest BCUT2D eigenvalue weighted by molar-refractivity contribution is -0.0581. The molecule has 15 heavy (non-hydrogen) atoms. The van der Waals surface area contributed by atoms with Crippen LogP contribution in [0, 0.1) is 23.2 Å². The van der Waals surface area contributed by atoms with Gasteiger partial charge in [0.05, 0.1) is 0 Å². The molecule has 86 valence electrons. The van der Waals surface area contributed by atoms with Crippen LogP contribution in [0.3, 0.4) is 0 Å². The molecule has 4 saturated carbocycles. The fraction of sp³-hybridized carbons (Fsp3) is 1.00. The fourth-order valence-corrected chi connectivity index (χ4v) is 5.59. The number of hydrogen-bond acceptors (Lipinski definition) is 0. The molecule has 0 radical (unpaired) electrons. The van der Waals surface area contributed by atoms with Crippen molar-refractivity contribution >= 4 is 15.9 Å². The monoisotopic (exact) mass is 270 g/mol. The van der Waals surface area contributed by atoms with Gasteiger partial charge in [-0.15, -0.1) is 0 Å². The second-order valence-corrected chi connectivity index (χ2v) is 7.36. The summed E-state index contributed by atoms with van der Waals surface area (Å²) in [5.74, 6) is 3.42. The molecule has 4 fully saturated rings. The van der Waals surface area contributed by atoms with E-state index in [9.17, 15) is 0 Å². The maximum atomic E-state index is 3.56. The SMILES string of the molecule is BrCCCCC12CC3CC(CC(C3)C1)C2. The molecule has 0 atom stereocenters. The highest BCUT2D eigenvalue weighted by Gasteiger charge is 2.50. The first-order chi connectivity index (χ1) is 7.30. The average molecular weight is 271 g/mol. The van der Waals surface area contributed by atoms with Gasteiger partial charge in [-0.2, -0.15) is 0 Å². The van der Waals surface area contributed by atoms with Crippen LogP contribution >= 0.6 is 15.9 Å². The first kappa shape index (κ1) is 10.6. The molecule has 0 amide bonds. The van der Waals surface area contributed by atoms with E-state index in [2.05, 4.69) is 15.9 Å². The van der Waals surface area contributed by atoms with Gasteiger partial charge in [0.2, 0.25) is 0 Å². The minimum Gasteiger partial charge on any atom is -0.0928 e. The van der Waals surface area contributed by atoms with Gasteiger partial charge in [-0.1, -0.05) is 22.4 Å². The Morgan fingerprint density at radius 3 is 1.87 bits per heavy atom. The fourth-order valence-electron chi connectivity index (χ4n) is 5.19. The Morgan fingerprint density at radius 1 is 0.867 bits per heavy atom. The van der Waals surface area contributed by atoms with Crippen molar-refractivity contribution in [2.24, 2.45) is 23.2 Å². The van der Waals surface area contributed by atoms with E-state index in [0.29, 0.717) is 0 Å². The molecule has 0 nitrogen and oxygen atoms in total. The van der Waals surface area contributed by atoms with Crippen LogP contribution in [0.4, 0.5) is 0 Å². The van der Waals surface area contributed by atoms with E-state index < -0.39 is 0 Å². The Labute approximate surface area is 102 Å². The van der Waals surface area contributed by atoms with Crippen molar-refractivity contribution in [1.29, 1.82) is 0 Å². The predicted molar refractivity (Wildman–Crippen MR) is 68.3 cm³/mol. The van der Waals surface area contributed by atoms with Crippen molar-refractivity contribution in [3.8, 4) is 0 Å². The topological polar surface area (TPSA) is 0 Å². The van der Waals surface area contributed by atoms with Gasteiger partial charge in [-0.3, -0.25) is 0 Å². The average Bonchev–Trinajstić information content (AvgIpc) is 2.15. The summed E-state index contributed by atoms with van der Waals surface area (Å²) in [4.78, 5) is 0. The van der Waals surface area contributed by atoms with Crippen molar-refractivity contribution in [1.82, 2.24) is 0 Å². The quantitative estimate of drug-likeness (QED) is 0.510. The molecule has 0 spiro atoms. The third-order valence-electron chi connectivity index (χ3n) is 5.26. The van der Waals surface area contributed by atoms with Crippen LogP contribution < -0.4 is 0 Å². The van der Waals surface area contributed by atoms with Crippen LogP contribution in [0.2, 0.25) is 0 Å². The van der Waals surface area contributed by atoms with Crippen molar-refractivity contribution in [2.45, 2.75) is 57.8 Å². The van der Waals surface area contributed by atoms with E-state index >= 15 is 0 Å². The smallest absolute Gasteiger partial charge is 0.00313 e. The van der Waals surface area contributed by atoms with Gasteiger partial charge in [-0.05, 0) is 74.5 Å². The third-order valence-corrected chi connectivity index (χ3v) is 5.82. The van der Waals surface area contributed by atoms with Crippen LogP contribution in [-0.4, -0.2) is 5.33 Å². The summed E-state index contributed by atoms with van der Waals surface area (Å²) >= 11 is 3.56. The van der Waals surface area contributed by atoms with Gasteiger partial charge in [0.1, 0.15) is 0 Å². The molecule has 0 saturated heterocycles. The zero-order valence-corrected chi connectivity index (χ0v) is 11.3. The summed E-state index contributed by atoms with van der Waals surface area (Å²) in [6.45, 7) is 0. The number of alkyl halides is 1. The van der Waals surface area contributed by atoms with Gasteiger partial charge < -0.3 is 0 Å². The third kappa shape index (κ3) is 2.01. The second-order valence-electron chi connectivity index (χ2n) is 6.56. The van der Waals surface area contributed by atoms with Crippen molar-refractivity contribution in [3.05, 3.63) is 0 Å². The lowest BCUT2D eigenvalue weighted by Gasteiger charge is -2.57. The van der Waals surface area contributed by atoms with Crippen molar-refractivity contribution in [2.75, 3.05) is 5.33 Å². The van der Waals surface area contributed by atoms with Crippen LogP contribution in [0.25, 0.3) is 0 Å².